The number of nitro groups is 1. The normalized spacial score (nSPS) is 42.9. The third-order valence-electron chi connectivity index (χ3n) is 3.86. The molecule has 1 N–H and O–H groups in total. The molecule has 4 nitrogen and oxygen atoms in total. The molecule has 2 saturated carbocycles. The summed E-state index contributed by atoms with van der Waals surface area (Å²) < 4.78 is 0. The van der Waals surface area contributed by atoms with Crippen molar-refractivity contribution in [2.45, 2.75) is 50.7 Å². The van der Waals surface area contributed by atoms with Gasteiger partial charge in [-0.25, -0.2) is 0 Å². The predicted octanol–water partition coefficient (Wildman–Crippen LogP) is 1.59. The fourth-order valence-electron chi connectivity index (χ4n) is 3.14. The first-order chi connectivity index (χ1) is 6.68. The third-order valence-corrected chi connectivity index (χ3v) is 3.86. The Hall–Kier alpha value is -0.640. The Labute approximate surface area is 83.5 Å². The number of hydrogen-bond donors (Lipinski definition) is 1. The second kappa shape index (κ2) is 3.85. The van der Waals surface area contributed by atoms with Crippen LogP contribution in [0.4, 0.5) is 0 Å². The molecule has 0 radical (unpaired) electrons. The zero-order valence-electron chi connectivity index (χ0n) is 8.26. The largest absolute Gasteiger partial charge is 0.393 e. The molecule has 4 heteroatoms. The summed E-state index contributed by atoms with van der Waals surface area (Å²) in [5.41, 5.74) is 0. The van der Waals surface area contributed by atoms with Crippen molar-refractivity contribution >= 4 is 0 Å². The molecule has 2 fully saturated rings. The van der Waals surface area contributed by atoms with Crippen molar-refractivity contribution < 1.29 is 10.0 Å². The molecule has 0 aromatic rings. The van der Waals surface area contributed by atoms with Crippen LogP contribution < -0.4 is 0 Å². The smallest absolute Gasteiger partial charge is 0.216 e. The van der Waals surface area contributed by atoms with Crippen LogP contribution in [-0.4, -0.2) is 22.2 Å². The molecule has 2 aliphatic carbocycles. The van der Waals surface area contributed by atoms with E-state index in [4.69, 9.17) is 0 Å². The first kappa shape index (κ1) is 9.90. The first-order valence-corrected chi connectivity index (χ1v) is 5.50. The van der Waals surface area contributed by atoms with Gasteiger partial charge in [-0.1, -0.05) is 0 Å². The standard InChI is InChI=1S/C10H17NO3/c12-8-5-4-7-2-1-3-10(11(13)14)9(7)6-8/h7-10,12H,1-6H2. The molecule has 0 aromatic carbocycles. The van der Waals surface area contributed by atoms with Crippen molar-refractivity contribution in [3.63, 3.8) is 0 Å². The van der Waals surface area contributed by atoms with E-state index in [0.717, 1.165) is 25.7 Å². The van der Waals surface area contributed by atoms with Crippen molar-refractivity contribution in [2.24, 2.45) is 11.8 Å². The number of aliphatic hydroxyl groups is 1. The van der Waals surface area contributed by atoms with Crippen LogP contribution in [0.3, 0.4) is 0 Å². The molecule has 2 rings (SSSR count). The zero-order valence-corrected chi connectivity index (χ0v) is 8.26. The number of rotatable bonds is 1. The van der Waals surface area contributed by atoms with Crippen LogP contribution in [0.5, 0.6) is 0 Å². The van der Waals surface area contributed by atoms with Gasteiger partial charge in [-0.05, 0) is 38.0 Å². The summed E-state index contributed by atoms with van der Waals surface area (Å²) in [5.74, 6) is 0.644. The first-order valence-electron chi connectivity index (χ1n) is 5.50. The van der Waals surface area contributed by atoms with Crippen LogP contribution in [0.1, 0.15) is 38.5 Å². The summed E-state index contributed by atoms with van der Waals surface area (Å²) in [6.45, 7) is 0. The Kier molecular flexibility index (Phi) is 2.72. The van der Waals surface area contributed by atoms with Gasteiger partial charge < -0.3 is 5.11 Å². The Bertz CT molecular complexity index is 231. The number of aliphatic hydroxyl groups excluding tert-OH is 1. The van der Waals surface area contributed by atoms with Gasteiger partial charge in [-0.3, -0.25) is 10.1 Å². The highest BCUT2D eigenvalue weighted by molar-refractivity contribution is 4.88. The summed E-state index contributed by atoms with van der Waals surface area (Å²) in [5, 5.41) is 20.4. The molecule has 0 spiro atoms. The molecule has 0 heterocycles. The molecule has 4 atom stereocenters. The van der Waals surface area contributed by atoms with Gasteiger partial charge in [0.05, 0.1) is 6.10 Å². The maximum absolute atomic E-state index is 10.8. The Balaban J connectivity index is 2.08. The van der Waals surface area contributed by atoms with Gasteiger partial charge in [0.25, 0.3) is 0 Å². The van der Waals surface area contributed by atoms with Gasteiger partial charge >= 0.3 is 0 Å². The summed E-state index contributed by atoms with van der Waals surface area (Å²) in [4.78, 5) is 10.7. The van der Waals surface area contributed by atoms with E-state index >= 15 is 0 Å². The van der Waals surface area contributed by atoms with Gasteiger partial charge in [0.2, 0.25) is 6.04 Å². The maximum Gasteiger partial charge on any atom is 0.216 e. The molecular weight excluding hydrogens is 182 g/mol. The molecule has 0 saturated heterocycles. The van der Waals surface area contributed by atoms with E-state index < -0.39 is 0 Å². The Morgan fingerprint density at radius 2 is 2.00 bits per heavy atom. The SMILES string of the molecule is O=[N+]([O-])C1CCCC2CCC(O)CC21. The van der Waals surface area contributed by atoms with E-state index in [0.29, 0.717) is 18.8 Å². The summed E-state index contributed by atoms with van der Waals surface area (Å²) >= 11 is 0. The van der Waals surface area contributed by atoms with Gasteiger partial charge in [0.1, 0.15) is 0 Å². The second-order valence-corrected chi connectivity index (χ2v) is 4.67. The zero-order chi connectivity index (χ0) is 10.1. The molecule has 80 valence electrons. The van der Waals surface area contributed by atoms with Crippen LogP contribution in [0, 0.1) is 22.0 Å². The highest BCUT2D eigenvalue weighted by Gasteiger charge is 2.43. The van der Waals surface area contributed by atoms with Crippen LogP contribution >= 0.6 is 0 Å². The highest BCUT2D eigenvalue weighted by Crippen LogP contribution is 2.41. The summed E-state index contributed by atoms with van der Waals surface area (Å²) in [7, 11) is 0. The van der Waals surface area contributed by atoms with E-state index in [9.17, 15) is 15.2 Å². The lowest BCUT2D eigenvalue weighted by Gasteiger charge is -2.38. The van der Waals surface area contributed by atoms with Gasteiger partial charge in [-0.15, -0.1) is 0 Å². The predicted molar refractivity (Wildman–Crippen MR) is 51.5 cm³/mol. The van der Waals surface area contributed by atoms with Crippen molar-refractivity contribution in [3.05, 3.63) is 10.1 Å². The quantitative estimate of drug-likeness (QED) is 0.515. The second-order valence-electron chi connectivity index (χ2n) is 4.67. The summed E-state index contributed by atoms with van der Waals surface area (Å²) in [6, 6.07) is -0.385. The van der Waals surface area contributed by atoms with E-state index in [1.807, 2.05) is 0 Å². The number of fused-ring (bicyclic) bond motifs is 1. The topological polar surface area (TPSA) is 63.4 Å². The van der Waals surface area contributed by atoms with E-state index in [1.165, 1.54) is 0 Å². The molecule has 0 amide bonds. The molecular formula is C10H17NO3. The van der Waals surface area contributed by atoms with Gasteiger partial charge in [-0.2, -0.15) is 0 Å². The maximum atomic E-state index is 10.8. The third kappa shape index (κ3) is 1.75. The highest BCUT2D eigenvalue weighted by atomic mass is 16.6. The minimum Gasteiger partial charge on any atom is -0.393 e. The molecule has 4 unspecified atom stereocenters. The van der Waals surface area contributed by atoms with Crippen LogP contribution in [0.15, 0.2) is 0 Å². The fourth-order valence-corrected chi connectivity index (χ4v) is 3.14. The Morgan fingerprint density at radius 1 is 1.21 bits per heavy atom. The van der Waals surface area contributed by atoms with Crippen LogP contribution in [0.25, 0.3) is 0 Å². The lowest BCUT2D eigenvalue weighted by atomic mass is 9.68. The average Bonchev–Trinajstić information content (AvgIpc) is 2.16. The van der Waals surface area contributed by atoms with Gasteiger partial charge in [0, 0.05) is 17.3 Å². The average molecular weight is 199 g/mol. The lowest BCUT2D eigenvalue weighted by Crippen LogP contribution is -2.42. The minimum absolute atomic E-state index is 0.130. The number of hydrogen-bond acceptors (Lipinski definition) is 3. The van der Waals surface area contributed by atoms with E-state index in [2.05, 4.69) is 0 Å². The molecule has 2 aliphatic rings. The molecule has 0 bridgehead atoms. The van der Waals surface area contributed by atoms with E-state index in [-0.39, 0.29) is 23.0 Å². The van der Waals surface area contributed by atoms with Gasteiger partial charge in [0.15, 0.2) is 0 Å². The van der Waals surface area contributed by atoms with Crippen LogP contribution in [0.2, 0.25) is 0 Å². The fraction of sp³-hybridized carbons (Fsp3) is 1.00. The number of nitrogens with zero attached hydrogens (tertiary/aromatic N) is 1. The van der Waals surface area contributed by atoms with Crippen LogP contribution in [-0.2, 0) is 0 Å². The monoisotopic (exact) mass is 199 g/mol. The van der Waals surface area contributed by atoms with Crippen molar-refractivity contribution in [1.29, 1.82) is 0 Å². The molecule has 0 aromatic heterocycles. The molecule has 14 heavy (non-hydrogen) atoms. The van der Waals surface area contributed by atoms with Crippen molar-refractivity contribution in [3.8, 4) is 0 Å². The van der Waals surface area contributed by atoms with Crippen molar-refractivity contribution in [2.75, 3.05) is 0 Å². The Morgan fingerprint density at radius 3 is 2.71 bits per heavy atom. The summed E-state index contributed by atoms with van der Waals surface area (Å²) in [6.07, 6.45) is 5.00. The van der Waals surface area contributed by atoms with E-state index in [1.54, 1.807) is 0 Å². The minimum atomic E-state index is -0.385. The van der Waals surface area contributed by atoms with Crippen molar-refractivity contribution in [1.82, 2.24) is 0 Å². The molecule has 0 aliphatic heterocycles. The lowest BCUT2D eigenvalue weighted by molar-refractivity contribution is -0.539.